The minimum absolute atomic E-state index is 0.0758. The smallest absolute Gasteiger partial charge is 0.172 e. The van der Waals surface area contributed by atoms with E-state index in [0.29, 0.717) is 5.75 Å². The molecule has 1 N–H and O–H groups in total. The quantitative estimate of drug-likeness (QED) is 0.326. The van der Waals surface area contributed by atoms with E-state index in [2.05, 4.69) is 68.6 Å². The van der Waals surface area contributed by atoms with Crippen LogP contribution in [0, 0.1) is 0 Å². The lowest BCUT2D eigenvalue weighted by Crippen LogP contribution is -2.11. The fourth-order valence-electron chi connectivity index (χ4n) is 3.74. The van der Waals surface area contributed by atoms with Crippen molar-refractivity contribution >= 4 is 11.4 Å². The van der Waals surface area contributed by atoms with Crippen LogP contribution in [0.15, 0.2) is 91.0 Å². The van der Waals surface area contributed by atoms with Crippen molar-refractivity contribution in [2.45, 2.75) is 26.2 Å². The molecule has 0 fully saturated rings. The van der Waals surface area contributed by atoms with Crippen LogP contribution in [0.1, 0.15) is 26.3 Å². The van der Waals surface area contributed by atoms with Crippen molar-refractivity contribution in [2.75, 3.05) is 5.32 Å². The van der Waals surface area contributed by atoms with E-state index in [1.54, 1.807) is 0 Å². The topological polar surface area (TPSA) is 30.5 Å². The van der Waals surface area contributed by atoms with Crippen molar-refractivity contribution in [1.82, 2.24) is 0 Å². The summed E-state index contributed by atoms with van der Waals surface area (Å²) in [7, 11) is 0. The normalized spacial score (nSPS) is 12.2. The van der Waals surface area contributed by atoms with Gasteiger partial charge in [-0.1, -0.05) is 69.3 Å². The molecule has 0 amide bonds. The number of ether oxygens (including phenoxy) is 2. The van der Waals surface area contributed by atoms with Gasteiger partial charge in [0.1, 0.15) is 0 Å². The van der Waals surface area contributed by atoms with Crippen LogP contribution in [-0.2, 0) is 5.41 Å². The van der Waals surface area contributed by atoms with Crippen LogP contribution in [0.3, 0.4) is 0 Å². The maximum Gasteiger partial charge on any atom is 0.172 e. The summed E-state index contributed by atoms with van der Waals surface area (Å²) in [6.07, 6.45) is 0. The van der Waals surface area contributed by atoms with Crippen LogP contribution in [-0.4, -0.2) is 0 Å². The maximum atomic E-state index is 6.07. The van der Waals surface area contributed by atoms with Crippen molar-refractivity contribution in [3.8, 4) is 34.1 Å². The van der Waals surface area contributed by atoms with E-state index in [4.69, 9.17) is 9.47 Å². The molecule has 0 atom stereocenters. The van der Waals surface area contributed by atoms with Gasteiger partial charge in [0.15, 0.2) is 23.0 Å². The number of anilines is 2. The molecule has 3 nitrogen and oxygen atoms in total. The Morgan fingerprint density at radius 3 is 1.97 bits per heavy atom. The predicted octanol–water partition coefficient (Wildman–Crippen LogP) is 8.29. The molecule has 0 aliphatic carbocycles. The van der Waals surface area contributed by atoms with Crippen LogP contribution in [0.5, 0.6) is 23.0 Å². The molecule has 1 aliphatic rings. The van der Waals surface area contributed by atoms with E-state index in [-0.39, 0.29) is 5.41 Å². The zero-order chi connectivity index (χ0) is 21.4. The van der Waals surface area contributed by atoms with Gasteiger partial charge in [-0.05, 0) is 52.9 Å². The van der Waals surface area contributed by atoms with E-state index < -0.39 is 0 Å². The number of hydrogen-bond acceptors (Lipinski definition) is 3. The summed E-state index contributed by atoms with van der Waals surface area (Å²) in [5.74, 6) is 2.89. The second-order valence-corrected chi connectivity index (χ2v) is 8.81. The van der Waals surface area contributed by atoms with Gasteiger partial charge in [0, 0.05) is 23.0 Å². The first-order chi connectivity index (χ1) is 15.0. The highest BCUT2D eigenvalue weighted by atomic mass is 16.6. The molecule has 3 heteroatoms. The first-order valence-corrected chi connectivity index (χ1v) is 10.5. The molecule has 154 valence electrons. The highest BCUT2D eigenvalue weighted by molar-refractivity contribution is 5.82. The van der Waals surface area contributed by atoms with Crippen molar-refractivity contribution in [1.29, 1.82) is 0 Å². The summed E-state index contributed by atoms with van der Waals surface area (Å²) in [5, 5.41) is 3.59. The average molecular weight is 408 g/mol. The maximum absolute atomic E-state index is 6.07. The largest absolute Gasteiger partial charge is 0.450 e. The number of para-hydroxylation sites is 2. The predicted molar refractivity (Wildman–Crippen MR) is 127 cm³/mol. The summed E-state index contributed by atoms with van der Waals surface area (Å²) >= 11 is 0. The minimum Gasteiger partial charge on any atom is -0.450 e. The Bertz CT molecular complexity index is 1240. The SMILES string of the molecule is CC(C)(C)c1ccc(Nc2ccc3c(c2)Oc2ccccc2O3)c(-c2ccccc2)c1. The zero-order valence-electron chi connectivity index (χ0n) is 18.0. The zero-order valence-corrected chi connectivity index (χ0v) is 18.0. The molecule has 1 aliphatic heterocycles. The Hall–Kier alpha value is -3.72. The van der Waals surface area contributed by atoms with Crippen LogP contribution >= 0.6 is 0 Å². The van der Waals surface area contributed by atoms with Crippen molar-refractivity contribution in [2.24, 2.45) is 0 Å². The molecule has 0 radical (unpaired) electrons. The van der Waals surface area contributed by atoms with Crippen LogP contribution < -0.4 is 14.8 Å². The van der Waals surface area contributed by atoms with Gasteiger partial charge < -0.3 is 14.8 Å². The van der Waals surface area contributed by atoms with Gasteiger partial charge in [-0.3, -0.25) is 0 Å². The van der Waals surface area contributed by atoms with Crippen LogP contribution in [0.25, 0.3) is 11.1 Å². The number of rotatable bonds is 3. The molecule has 5 rings (SSSR count). The standard InChI is InChI=1S/C28H25NO2/c1-28(2,3)20-13-15-23(22(17-20)19-9-5-4-6-10-19)29-21-14-16-26-27(18-21)31-25-12-8-7-11-24(25)30-26/h4-18,29H,1-3H3. The molecular formula is C28H25NO2. The minimum atomic E-state index is 0.0758. The molecular weight excluding hydrogens is 382 g/mol. The lowest BCUT2D eigenvalue weighted by molar-refractivity contribution is 0.360. The lowest BCUT2D eigenvalue weighted by atomic mass is 9.85. The molecule has 4 aromatic rings. The third-order valence-corrected chi connectivity index (χ3v) is 5.48. The number of benzene rings is 4. The Morgan fingerprint density at radius 2 is 1.26 bits per heavy atom. The summed E-state index contributed by atoms with van der Waals surface area (Å²) < 4.78 is 12.0. The van der Waals surface area contributed by atoms with Crippen molar-refractivity contribution < 1.29 is 9.47 Å². The monoisotopic (exact) mass is 407 g/mol. The fraction of sp³-hybridized carbons (Fsp3) is 0.143. The molecule has 1 heterocycles. The Kier molecular flexibility index (Phi) is 4.67. The Balaban J connectivity index is 1.51. The van der Waals surface area contributed by atoms with Crippen molar-refractivity contribution in [3.05, 3.63) is 96.6 Å². The van der Waals surface area contributed by atoms with Gasteiger partial charge in [0.2, 0.25) is 0 Å². The van der Waals surface area contributed by atoms with Gasteiger partial charge in [0.05, 0.1) is 0 Å². The summed E-state index contributed by atoms with van der Waals surface area (Å²) in [5.41, 5.74) is 5.73. The summed E-state index contributed by atoms with van der Waals surface area (Å²) in [4.78, 5) is 0. The molecule has 0 saturated heterocycles. The highest BCUT2D eigenvalue weighted by Crippen LogP contribution is 2.46. The number of hydrogen-bond donors (Lipinski definition) is 1. The third kappa shape index (κ3) is 3.87. The van der Waals surface area contributed by atoms with Gasteiger partial charge in [-0.2, -0.15) is 0 Å². The Labute approximate surface area is 183 Å². The average Bonchev–Trinajstić information content (AvgIpc) is 2.78. The van der Waals surface area contributed by atoms with E-state index in [9.17, 15) is 0 Å². The number of nitrogens with one attached hydrogen (secondary N) is 1. The molecule has 0 bridgehead atoms. The number of fused-ring (bicyclic) bond motifs is 2. The highest BCUT2D eigenvalue weighted by Gasteiger charge is 2.20. The van der Waals surface area contributed by atoms with E-state index in [1.807, 2.05) is 48.5 Å². The molecule has 0 spiro atoms. The van der Waals surface area contributed by atoms with E-state index >= 15 is 0 Å². The first kappa shape index (κ1) is 19.3. The fourth-order valence-corrected chi connectivity index (χ4v) is 3.74. The van der Waals surface area contributed by atoms with Crippen LogP contribution in [0.4, 0.5) is 11.4 Å². The first-order valence-electron chi connectivity index (χ1n) is 10.5. The molecule has 4 aromatic carbocycles. The Morgan fingerprint density at radius 1 is 0.613 bits per heavy atom. The van der Waals surface area contributed by atoms with E-state index in [0.717, 1.165) is 28.6 Å². The summed E-state index contributed by atoms with van der Waals surface area (Å²) in [6.45, 7) is 6.72. The second kappa shape index (κ2) is 7.51. The van der Waals surface area contributed by atoms with Gasteiger partial charge in [-0.15, -0.1) is 0 Å². The molecule has 0 saturated carbocycles. The third-order valence-electron chi connectivity index (χ3n) is 5.48. The van der Waals surface area contributed by atoms with Gasteiger partial charge in [0.25, 0.3) is 0 Å². The molecule has 0 aromatic heterocycles. The van der Waals surface area contributed by atoms with E-state index in [1.165, 1.54) is 16.7 Å². The van der Waals surface area contributed by atoms with Gasteiger partial charge >= 0.3 is 0 Å². The second-order valence-electron chi connectivity index (χ2n) is 8.81. The molecule has 31 heavy (non-hydrogen) atoms. The van der Waals surface area contributed by atoms with Crippen LogP contribution in [0.2, 0.25) is 0 Å². The lowest BCUT2D eigenvalue weighted by Gasteiger charge is -2.23. The summed E-state index contributed by atoms with van der Waals surface area (Å²) in [6, 6.07) is 30.8. The van der Waals surface area contributed by atoms with Crippen molar-refractivity contribution in [3.63, 3.8) is 0 Å². The van der Waals surface area contributed by atoms with Gasteiger partial charge in [-0.25, -0.2) is 0 Å². The molecule has 0 unspecified atom stereocenters.